The summed E-state index contributed by atoms with van der Waals surface area (Å²) >= 11 is 0. The van der Waals surface area contributed by atoms with Gasteiger partial charge in [-0.2, -0.15) is 0 Å². The number of carbonyl (C=O) groups is 1. The lowest BCUT2D eigenvalue weighted by Gasteiger charge is -2.19. The molecule has 1 heterocycles. The highest BCUT2D eigenvalue weighted by molar-refractivity contribution is 5.97. The lowest BCUT2D eigenvalue weighted by Crippen LogP contribution is -2.30. The fraction of sp³-hybridized carbons (Fsp3) is 0.278. The van der Waals surface area contributed by atoms with E-state index in [1.807, 2.05) is 0 Å². The van der Waals surface area contributed by atoms with E-state index in [-0.39, 0.29) is 23.9 Å². The van der Waals surface area contributed by atoms with E-state index in [2.05, 4.69) is 4.74 Å². The summed E-state index contributed by atoms with van der Waals surface area (Å²) < 4.78 is 54.2. The SMILES string of the molecule is Cc1cc(F)ccc1CC(=O)N1CCc2ccc(OC(F)(F)F)cc21. The number of alkyl halides is 3. The van der Waals surface area contributed by atoms with Crippen LogP contribution in [0.5, 0.6) is 5.75 Å². The molecule has 0 unspecified atom stereocenters. The Balaban J connectivity index is 1.81. The second-order valence-electron chi connectivity index (χ2n) is 5.88. The molecule has 0 bridgehead atoms. The van der Waals surface area contributed by atoms with Crippen LogP contribution in [0.1, 0.15) is 16.7 Å². The third-order valence-corrected chi connectivity index (χ3v) is 4.13. The van der Waals surface area contributed by atoms with Gasteiger partial charge in [0.1, 0.15) is 11.6 Å². The maximum absolute atomic E-state index is 13.2. The summed E-state index contributed by atoms with van der Waals surface area (Å²) in [5.41, 5.74) is 2.55. The molecule has 2 aromatic carbocycles. The minimum atomic E-state index is -4.78. The number of benzene rings is 2. The van der Waals surface area contributed by atoms with Crippen LogP contribution in [0.15, 0.2) is 36.4 Å². The average molecular weight is 353 g/mol. The Hall–Kier alpha value is -2.57. The summed E-state index contributed by atoms with van der Waals surface area (Å²) in [6, 6.07) is 8.17. The molecule has 0 aliphatic carbocycles. The van der Waals surface area contributed by atoms with Crippen molar-refractivity contribution in [2.24, 2.45) is 0 Å². The van der Waals surface area contributed by atoms with Gasteiger partial charge in [-0.3, -0.25) is 4.79 Å². The Morgan fingerprint density at radius 1 is 1.20 bits per heavy atom. The number of halogens is 4. The molecular weight excluding hydrogens is 338 g/mol. The first-order chi connectivity index (χ1) is 11.7. The monoisotopic (exact) mass is 353 g/mol. The fourth-order valence-corrected chi connectivity index (χ4v) is 2.93. The normalized spacial score (nSPS) is 13.7. The standard InChI is InChI=1S/C18H15F4NO2/c1-11-8-14(19)4-2-13(11)9-17(24)23-7-6-12-3-5-15(10-16(12)23)25-18(20,21)22/h2-5,8,10H,6-7,9H2,1H3. The zero-order valence-corrected chi connectivity index (χ0v) is 13.4. The highest BCUT2D eigenvalue weighted by Gasteiger charge is 2.32. The molecule has 7 heteroatoms. The number of fused-ring (bicyclic) bond motifs is 1. The Kier molecular flexibility index (Phi) is 4.41. The van der Waals surface area contributed by atoms with E-state index in [0.29, 0.717) is 29.8 Å². The summed E-state index contributed by atoms with van der Waals surface area (Å²) in [6.07, 6.45) is -4.17. The topological polar surface area (TPSA) is 29.5 Å². The van der Waals surface area contributed by atoms with Gasteiger partial charge in [0.05, 0.1) is 12.1 Å². The first-order valence-corrected chi connectivity index (χ1v) is 7.67. The molecule has 0 aromatic heterocycles. The summed E-state index contributed by atoms with van der Waals surface area (Å²) in [5, 5.41) is 0. The smallest absolute Gasteiger partial charge is 0.406 e. The average Bonchev–Trinajstić information content (AvgIpc) is 2.91. The van der Waals surface area contributed by atoms with Crippen molar-refractivity contribution >= 4 is 11.6 Å². The molecule has 1 aliphatic rings. The van der Waals surface area contributed by atoms with Crippen molar-refractivity contribution in [2.75, 3.05) is 11.4 Å². The van der Waals surface area contributed by atoms with Crippen LogP contribution in [-0.2, 0) is 17.6 Å². The van der Waals surface area contributed by atoms with E-state index in [4.69, 9.17) is 0 Å². The van der Waals surface area contributed by atoms with E-state index < -0.39 is 6.36 Å². The third-order valence-electron chi connectivity index (χ3n) is 4.13. The summed E-state index contributed by atoms with van der Waals surface area (Å²) in [6.45, 7) is 2.10. The molecule has 0 spiro atoms. The minimum absolute atomic E-state index is 0.0515. The predicted octanol–water partition coefficient (Wildman–Crippen LogP) is 4.16. The van der Waals surface area contributed by atoms with E-state index in [1.165, 1.54) is 35.2 Å². The Morgan fingerprint density at radius 2 is 1.96 bits per heavy atom. The molecule has 0 saturated carbocycles. The van der Waals surface area contributed by atoms with Crippen molar-refractivity contribution in [1.82, 2.24) is 0 Å². The number of anilines is 1. The largest absolute Gasteiger partial charge is 0.573 e. The quantitative estimate of drug-likeness (QED) is 0.776. The van der Waals surface area contributed by atoms with Gasteiger partial charge in [-0.05, 0) is 48.2 Å². The lowest BCUT2D eigenvalue weighted by atomic mass is 10.0. The van der Waals surface area contributed by atoms with Gasteiger partial charge in [-0.25, -0.2) is 4.39 Å². The van der Waals surface area contributed by atoms with Crippen molar-refractivity contribution in [2.45, 2.75) is 26.1 Å². The number of amides is 1. The minimum Gasteiger partial charge on any atom is -0.406 e. The van der Waals surface area contributed by atoms with Gasteiger partial charge in [0.15, 0.2) is 0 Å². The van der Waals surface area contributed by atoms with Gasteiger partial charge in [-0.15, -0.1) is 13.2 Å². The second kappa shape index (κ2) is 6.38. The molecular formula is C18H15F4NO2. The number of aryl methyl sites for hydroxylation is 1. The molecule has 1 amide bonds. The molecule has 132 valence electrons. The molecule has 1 aliphatic heterocycles. The van der Waals surface area contributed by atoms with Gasteiger partial charge < -0.3 is 9.64 Å². The van der Waals surface area contributed by atoms with Crippen LogP contribution >= 0.6 is 0 Å². The molecule has 0 saturated heterocycles. The predicted molar refractivity (Wildman–Crippen MR) is 84.0 cm³/mol. The summed E-state index contributed by atoms with van der Waals surface area (Å²) in [4.78, 5) is 14.0. The van der Waals surface area contributed by atoms with Crippen LogP contribution in [0.3, 0.4) is 0 Å². The number of hydrogen-bond acceptors (Lipinski definition) is 2. The molecule has 0 radical (unpaired) electrons. The van der Waals surface area contributed by atoms with Crippen molar-refractivity contribution in [3.05, 3.63) is 58.9 Å². The zero-order valence-electron chi connectivity index (χ0n) is 13.4. The van der Waals surface area contributed by atoms with E-state index in [0.717, 1.165) is 5.56 Å². The van der Waals surface area contributed by atoms with Crippen LogP contribution < -0.4 is 9.64 Å². The molecule has 3 nitrogen and oxygen atoms in total. The summed E-state index contributed by atoms with van der Waals surface area (Å²) in [5.74, 6) is -0.990. The van der Waals surface area contributed by atoms with Crippen molar-refractivity contribution in [1.29, 1.82) is 0 Å². The van der Waals surface area contributed by atoms with E-state index in [1.54, 1.807) is 13.0 Å². The lowest BCUT2D eigenvalue weighted by molar-refractivity contribution is -0.274. The summed E-state index contributed by atoms with van der Waals surface area (Å²) in [7, 11) is 0. The van der Waals surface area contributed by atoms with Crippen LogP contribution in [0.2, 0.25) is 0 Å². The number of rotatable bonds is 3. The number of ether oxygens (including phenoxy) is 1. The van der Waals surface area contributed by atoms with Gasteiger partial charge in [-0.1, -0.05) is 12.1 Å². The van der Waals surface area contributed by atoms with E-state index in [9.17, 15) is 22.4 Å². The first kappa shape index (κ1) is 17.3. The molecule has 25 heavy (non-hydrogen) atoms. The Morgan fingerprint density at radius 3 is 2.64 bits per heavy atom. The number of carbonyl (C=O) groups excluding carboxylic acids is 1. The van der Waals surface area contributed by atoms with Gasteiger partial charge in [0.25, 0.3) is 0 Å². The van der Waals surface area contributed by atoms with Gasteiger partial charge in [0.2, 0.25) is 5.91 Å². The first-order valence-electron chi connectivity index (χ1n) is 7.67. The van der Waals surface area contributed by atoms with Crippen molar-refractivity contribution in [3.63, 3.8) is 0 Å². The molecule has 3 rings (SSSR count). The highest BCUT2D eigenvalue weighted by Crippen LogP contribution is 2.34. The third kappa shape index (κ3) is 3.92. The number of nitrogens with zero attached hydrogens (tertiary/aromatic N) is 1. The van der Waals surface area contributed by atoms with Crippen LogP contribution in [0, 0.1) is 12.7 Å². The second-order valence-corrected chi connectivity index (χ2v) is 5.88. The maximum atomic E-state index is 13.2. The van der Waals surface area contributed by atoms with Gasteiger partial charge >= 0.3 is 6.36 Å². The van der Waals surface area contributed by atoms with E-state index >= 15 is 0 Å². The van der Waals surface area contributed by atoms with Crippen LogP contribution in [0.4, 0.5) is 23.2 Å². The zero-order chi connectivity index (χ0) is 18.2. The fourth-order valence-electron chi connectivity index (χ4n) is 2.93. The molecule has 0 atom stereocenters. The molecule has 2 aromatic rings. The Bertz CT molecular complexity index is 817. The van der Waals surface area contributed by atoms with Crippen LogP contribution in [0.25, 0.3) is 0 Å². The number of hydrogen-bond donors (Lipinski definition) is 0. The van der Waals surface area contributed by atoms with Crippen molar-refractivity contribution < 1.29 is 27.1 Å². The van der Waals surface area contributed by atoms with Crippen molar-refractivity contribution in [3.8, 4) is 5.75 Å². The highest BCUT2D eigenvalue weighted by atomic mass is 19.4. The van der Waals surface area contributed by atoms with Crippen LogP contribution in [-0.4, -0.2) is 18.8 Å². The molecule has 0 N–H and O–H groups in total. The Labute approximate surface area is 141 Å². The maximum Gasteiger partial charge on any atom is 0.573 e. The molecule has 0 fully saturated rings. The van der Waals surface area contributed by atoms with Gasteiger partial charge in [0, 0.05) is 12.6 Å².